The minimum Gasteiger partial charge on any atom is -0.341 e. The molecular formula is C20H31N5O2. The van der Waals surface area contributed by atoms with Crippen molar-refractivity contribution in [1.82, 2.24) is 25.3 Å². The highest BCUT2D eigenvalue weighted by Crippen LogP contribution is 2.16. The summed E-state index contributed by atoms with van der Waals surface area (Å²) in [5.74, 6) is 0.138. The van der Waals surface area contributed by atoms with Gasteiger partial charge in [-0.1, -0.05) is 30.3 Å². The van der Waals surface area contributed by atoms with Gasteiger partial charge in [-0.2, -0.15) is 0 Å². The first-order valence-corrected chi connectivity index (χ1v) is 9.89. The minimum absolute atomic E-state index is 0.138. The van der Waals surface area contributed by atoms with Crippen LogP contribution in [-0.2, 0) is 11.3 Å². The Morgan fingerprint density at radius 3 is 2.67 bits per heavy atom. The van der Waals surface area contributed by atoms with Gasteiger partial charge >= 0.3 is 6.03 Å². The standard InChI is InChI=1S/C20H31N5O2/c1-23(15-17-5-3-2-4-6-17)20(27)22-9-7-19(26)25-12-8-18(16-25)24-13-10-21-11-14-24/h2-6,18,21H,7-16H2,1H3,(H,22,27). The summed E-state index contributed by atoms with van der Waals surface area (Å²) >= 11 is 0. The number of amides is 3. The summed E-state index contributed by atoms with van der Waals surface area (Å²) in [6.07, 6.45) is 1.41. The maximum atomic E-state index is 12.4. The maximum absolute atomic E-state index is 12.4. The molecular weight excluding hydrogens is 342 g/mol. The molecule has 2 fully saturated rings. The Balaban J connectivity index is 1.35. The van der Waals surface area contributed by atoms with Gasteiger partial charge < -0.3 is 20.4 Å². The molecule has 0 saturated carbocycles. The molecule has 0 spiro atoms. The zero-order valence-corrected chi connectivity index (χ0v) is 16.2. The van der Waals surface area contributed by atoms with Crippen LogP contribution in [0.15, 0.2) is 30.3 Å². The molecule has 148 valence electrons. The second-order valence-electron chi connectivity index (χ2n) is 7.39. The van der Waals surface area contributed by atoms with E-state index in [-0.39, 0.29) is 11.9 Å². The molecule has 0 radical (unpaired) electrons. The molecule has 1 aromatic rings. The van der Waals surface area contributed by atoms with E-state index < -0.39 is 0 Å². The van der Waals surface area contributed by atoms with Crippen LogP contribution < -0.4 is 10.6 Å². The highest BCUT2D eigenvalue weighted by Gasteiger charge is 2.30. The molecule has 7 heteroatoms. The molecule has 0 aromatic heterocycles. The largest absolute Gasteiger partial charge is 0.341 e. The molecule has 2 aliphatic rings. The van der Waals surface area contributed by atoms with Crippen molar-refractivity contribution < 1.29 is 9.59 Å². The summed E-state index contributed by atoms with van der Waals surface area (Å²) in [6.45, 7) is 6.79. The lowest BCUT2D eigenvalue weighted by atomic mass is 10.2. The minimum atomic E-state index is -0.147. The summed E-state index contributed by atoms with van der Waals surface area (Å²) in [4.78, 5) is 30.7. The molecule has 0 aliphatic carbocycles. The molecule has 1 atom stereocenters. The van der Waals surface area contributed by atoms with Gasteiger partial charge in [-0.05, 0) is 12.0 Å². The van der Waals surface area contributed by atoms with Crippen LogP contribution in [0.25, 0.3) is 0 Å². The summed E-state index contributed by atoms with van der Waals surface area (Å²) < 4.78 is 0. The average molecular weight is 374 g/mol. The number of nitrogens with one attached hydrogen (secondary N) is 2. The lowest BCUT2D eigenvalue weighted by Gasteiger charge is -2.32. The van der Waals surface area contributed by atoms with Crippen LogP contribution in [0.5, 0.6) is 0 Å². The lowest BCUT2D eigenvalue weighted by Crippen LogP contribution is -2.49. The second-order valence-corrected chi connectivity index (χ2v) is 7.39. The average Bonchev–Trinajstić information content (AvgIpc) is 3.19. The predicted molar refractivity (Wildman–Crippen MR) is 105 cm³/mol. The van der Waals surface area contributed by atoms with Crippen molar-refractivity contribution in [3.05, 3.63) is 35.9 Å². The highest BCUT2D eigenvalue weighted by molar-refractivity contribution is 5.78. The quantitative estimate of drug-likeness (QED) is 0.771. The Bertz CT molecular complexity index is 618. The van der Waals surface area contributed by atoms with Crippen LogP contribution >= 0.6 is 0 Å². The number of hydrogen-bond acceptors (Lipinski definition) is 4. The fourth-order valence-corrected chi connectivity index (χ4v) is 3.81. The van der Waals surface area contributed by atoms with Gasteiger partial charge in [-0.3, -0.25) is 9.69 Å². The molecule has 2 aliphatic heterocycles. The Morgan fingerprint density at radius 2 is 1.93 bits per heavy atom. The SMILES string of the molecule is CN(Cc1ccccc1)C(=O)NCCC(=O)N1CCC(N2CCNCC2)C1. The third-order valence-electron chi connectivity index (χ3n) is 5.41. The van der Waals surface area contributed by atoms with E-state index in [1.807, 2.05) is 35.2 Å². The molecule has 27 heavy (non-hydrogen) atoms. The van der Waals surface area contributed by atoms with E-state index in [0.29, 0.717) is 25.6 Å². The van der Waals surface area contributed by atoms with E-state index in [4.69, 9.17) is 0 Å². The molecule has 2 saturated heterocycles. The van der Waals surface area contributed by atoms with Crippen LogP contribution in [0.3, 0.4) is 0 Å². The zero-order chi connectivity index (χ0) is 19.1. The first-order chi connectivity index (χ1) is 13.1. The topological polar surface area (TPSA) is 67.9 Å². The highest BCUT2D eigenvalue weighted by atomic mass is 16.2. The number of urea groups is 1. The first kappa shape index (κ1) is 19.6. The number of likely N-dealkylation sites (tertiary alicyclic amines) is 1. The fourth-order valence-electron chi connectivity index (χ4n) is 3.81. The monoisotopic (exact) mass is 373 g/mol. The molecule has 2 heterocycles. The molecule has 0 bridgehead atoms. The van der Waals surface area contributed by atoms with Gasteiger partial charge in [0.15, 0.2) is 0 Å². The van der Waals surface area contributed by atoms with Crippen LogP contribution in [0.4, 0.5) is 4.79 Å². The molecule has 2 N–H and O–H groups in total. The first-order valence-electron chi connectivity index (χ1n) is 9.89. The third-order valence-corrected chi connectivity index (χ3v) is 5.41. The van der Waals surface area contributed by atoms with Crippen molar-refractivity contribution in [1.29, 1.82) is 0 Å². The number of benzene rings is 1. The maximum Gasteiger partial charge on any atom is 0.317 e. The Labute approximate surface area is 161 Å². The van der Waals surface area contributed by atoms with E-state index in [9.17, 15) is 9.59 Å². The van der Waals surface area contributed by atoms with Crippen molar-refractivity contribution in [3.63, 3.8) is 0 Å². The van der Waals surface area contributed by atoms with Crippen LogP contribution in [0.2, 0.25) is 0 Å². The smallest absolute Gasteiger partial charge is 0.317 e. The molecule has 1 unspecified atom stereocenters. The third kappa shape index (κ3) is 5.68. The van der Waals surface area contributed by atoms with Gasteiger partial charge in [0.2, 0.25) is 5.91 Å². The van der Waals surface area contributed by atoms with Crippen LogP contribution in [0, 0.1) is 0 Å². The van der Waals surface area contributed by atoms with Gasteiger partial charge in [0, 0.05) is 71.9 Å². The number of nitrogens with zero attached hydrogens (tertiary/aromatic N) is 3. The van der Waals surface area contributed by atoms with E-state index >= 15 is 0 Å². The van der Waals surface area contributed by atoms with Gasteiger partial charge in [0.05, 0.1) is 0 Å². The normalized spacial score (nSPS) is 20.5. The van der Waals surface area contributed by atoms with Crippen LogP contribution in [-0.4, -0.2) is 85.5 Å². The fraction of sp³-hybridized carbons (Fsp3) is 0.600. The van der Waals surface area contributed by atoms with Crippen molar-refractivity contribution in [2.24, 2.45) is 0 Å². The van der Waals surface area contributed by atoms with E-state index in [0.717, 1.165) is 51.3 Å². The molecule has 3 rings (SSSR count). The second kappa shape index (κ2) is 9.71. The van der Waals surface area contributed by atoms with Crippen LogP contribution in [0.1, 0.15) is 18.4 Å². The summed E-state index contributed by atoms with van der Waals surface area (Å²) in [7, 11) is 1.77. The summed E-state index contributed by atoms with van der Waals surface area (Å²) in [5.41, 5.74) is 1.09. The van der Waals surface area contributed by atoms with E-state index in [1.165, 1.54) is 0 Å². The number of rotatable bonds is 6. The Hall–Kier alpha value is -2.12. The van der Waals surface area contributed by atoms with Crippen molar-refractivity contribution in [2.45, 2.75) is 25.4 Å². The lowest BCUT2D eigenvalue weighted by molar-refractivity contribution is -0.130. The Kier molecular flexibility index (Phi) is 7.06. The summed E-state index contributed by atoms with van der Waals surface area (Å²) in [5, 5.41) is 6.22. The Morgan fingerprint density at radius 1 is 1.19 bits per heavy atom. The number of hydrogen-bond donors (Lipinski definition) is 2. The van der Waals surface area contributed by atoms with E-state index in [1.54, 1.807) is 11.9 Å². The predicted octanol–water partition coefficient (Wildman–Crippen LogP) is 0.724. The molecule has 1 aromatic carbocycles. The van der Waals surface area contributed by atoms with Crippen molar-refractivity contribution >= 4 is 11.9 Å². The molecule has 3 amide bonds. The van der Waals surface area contributed by atoms with Gasteiger partial charge in [-0.15, -0.1) is 0 Å². The van der Waals surface area contributed by atoms with Crippen molar-refractivity contribution in [2.75, 3.05) is 52.9 Å². The zero-order valence-electron chi connectivity index (χ0n) is 16.2. The van der Waals surface area contributed by atoms with E-state index in [2.05, 4.69) is 15.5 Å². The summed E-state index contributed by atoms with van der Waals surface area (Å²) in [6, 6.07) is 10.2. The van der Waals surface area contributed by atoms with Gasteiger partial charge in [0.25, 0.3) is 0 Å². The number of carbonyl (C=O) groups excluding carboxylic acids is 2. The number of carbonyl (C=O) groups is 2. The van der Waals surface area contributed by atoms with Gasteiger partial charge in [0.1, 0.15) is 0 Å². The number of piperazine rings is 1. The van der Waals surface area contributed by atoms with Crippen molar-refractivity contribution in [3.8, 4) is 0 Å². The van der Waals surface area contributed by atoms with Gasteiger partial charge in [-0.25, -0.2) is 4.79 Å². The molecule has 7 nitrogen and oxygen atoms in total.